The smallest absolute Gasteiger partial charge is 0.410 e. The second kappa shape index (κ2) is 4.83. The van der Waals surface area contributed by atoms with Crippen molar-refractivity contribution in [3.8, 4) is 0 Å². The van der Waals surface area contributed by atoms with Crippen LogP contribution in [0.15, 0.2) is 30.3 Å². The second-order valence-corrected chi connectivity index (χ2v) is 5.24. The Hall–Kier alpha value is -1.59. The topological polar surface area (TPSA) is 61.8 Å². The zero-order valence-corrected chi connectivity index (χ0v) is 10.7. The molecule has 2 atom stereocenters. The summed E-state index contributed by atoms with van der Waals surface area (Å²) in [6, 6.07) is 9.82. The predicted octanol–water partition coefficient (Wildman–Crippen LogP) is 0.732. The molecular formula is C14H18N2O3. The van der Waals surface area contributed by atoms with E-state index >= 15 is 0 Å². The van der Waals surface area contributed by atoms with E-state index < -0.39 is 11.7 Å². The first-order chi connectivity index (χ1) is 9.20. The third kappa shape index (κ3) is 2.31. The number of carbonyl (C=O) groups is 1. The van der Waals surface area contributed by atoms with Crippen LogP contribution in [0.25, 0.3) is 0 Å². The normalized spacial score (nSPS) is 30.7. The van der Waals surface area contributed by atoms with E-state index in [4.69, 9.17) is 4.74 Å². The van der Waals surface area contributed by atoms with E-state index in [1.54, 1.807) is 4.90 Å². The van der Waals surface area contributed by atoms with Gasteiger partial charge in [0.05, 0.1) is 6.54 Å². The van der Waals surface area contributed by atoms with Crippen LogP contribution >= 0.6 is 0 Å². The predicted molar refractivity (Wildman–Crippen MR) is 69.6 cm³/mol. The summed E-state index contributed by atoms with van der Waals surface area (Å²) in [5.41, 5.74) is 0.344. The van der Waals surface area contributed by atoms with Gasteiger partial charge in [0.1, 0.15) is 6.10 Å². The molecule has 1 spiro atoms. The Morgan fingerprint density at radius 2 is 2.21 bits per heavy atom. The van der Waals surface area contributed by atoms with Gasteiger partial charge < -0.3 is 15.2 Å². The Morgan fingerprint density at radius 1 is 1.42 bits per heavy atom. The molecule has 2 fully saturated rings. The molecule has 0 aliphatic carbocycles. The minimum Gasteiger partial charge on any atom is -0.438 e. The summed E-state index contributed by atoms with van der Waals surface area (Å²) in [6.45, 7) is 2.24. The summed E-state index contributed by atoms with van der Waals surface area (Å²) in [6.07, 6.45) is -0.304. The molecule has 102 valence electrons. The van der Waals surface area contributed by atoms with Crippen LogP contribution in [0.2, 0.25) is 0 Å². The molecule has 2 heterocycles. The molecule has 0 saturated carbocycles. The molecule has 3 rings (SSSR count). The highest BCUT2D eigenvalue weighted by molar-refractivity contribution is 5.71. The maximum absolute atomic E-state index is 12.0. The second-order valence-electron chi connectivity index (χ2n) is 5.24. The fourth-order valence-corrected chi connectivity index (χ4v) is 2.78. The van der Waals surface area contributed by atoms with Crippen molar-refractivity contribution < 1.29 is 14.6 Å². The van der Waals surface area contributed by atoms with Crippen LogP contribution in [0.5, 0.6) is 0 Å². The van der Waals surface area contributed by atoms with Crippen molar-refractivity contribution in [1.29, 1.82) is 0 Å². The molecule has 2 aliphatic rings. The molecule has 2 saturated heterocycles. The number of piperidine rings is 1. The highest BCUT2D eigenvalue weighted by Gasteiger charge is 2.51. The summed E-state index contributed by atoms with van der Waals surface area (Å²) in [7, 11) is 0. The third-order valence-corrected chi connectivity index (χ3v) is 3.89. The molecule has 0 bridgehead atoms. The standard InChI is InChI=1S/C14H18N2O3/c17-12-8-15-7-6-14(12)10-16(13(18)19-14)9-11-4-2-1-3-5-11/h1-5,12,15,17H,6-10H2/t12-,14-/m0/s1. The Bertz CT molecular complexity index is 465. The van der Waals surface area contributed by atoms with Crippen LogP contribution in [0, 0.1) is 0 Å². The summed E-state index contributed by atoms with van der Waals surface area (Å²) >= 11 is 0. The number of amides is 1. The van der Waals surface area contributed by atoms with Gasteiger partial charge in [-0.2, -0.15) is 0 Å². The van der Waals surface area contributed by atoms with Gasteiger partial charge in [0.25, 0.3) is 0 Å². The molecule has 1 amide bonds. The number of benzene rings is 1. The lowest BCUT2D eigenvalue weighted by molar-refractivity contribution is -0.0693. The number of carbonyl (C=O) groups excluding carboxylic acids is 1. The Labute approximate surface area is 112 Å². The first kappa shape index (κ1) is 12.4. The molecule has 1 aromatic rings. The summed E-state index contributed by atoms with van der Waals surface area (Å²) in [5, 5.41) is 13.2. The minimum absolute atomic E-state index is 0.329. The van der Waals surface area contributed by atoms with Gasteiger partial charge in [-0.15, -0.1) is 0 Å². The fourth-order valence-electron chi connectivity index (χ4n) is 2.78. The van der Waals surface area contributed by atoms with E-state index in [-0.39, 0.29) is 6.09 Å². The lowest BCUT2D eigenvalue weighted by Gasteiger charge is -2.36. The number of nitrogens with one attached hydrogen (secondary N) is 1. The van der Waals surface area contributed by atoms with E-state index in [9.17, 15) is 9.90 Å². The van der Waals surface area contributed by atoms with Crippen molar-refractivity contribution in [2.24, 2.45) is 0 Å². The van der Waals surface area contributed by atoms with E-state index in [0.29, 0.717) is 26.1 Å². The molecule has 0 radical (unpaired) electrons. The van der Waals surface area contributed by atoms with Crippen LogP contribution in [0.3, 0.4) is 0 Å². The van der Waals surface area contributed by atoms with Crippen molar-refractivity contribution in [1.82, 2.24) is 10.2 Å². The highest BCUT2D eigenvalue weighted by atomic mass is 16.6. The molecule has 5 heteroatoms. The largest absolute Gasteiger partial charge is 0.438 e. The van der Waals surface area contributed by atoms with Crippen LogP contribution in [-0.4, -0.2) is 47.4 Å². The van der Waals surface area contributed by atoms with Gasteiger partial charge >= 0.3 is 6.09 Å². The van der Waals surface area contributed by atoms with E-state index in [1.165, 1.54) is 0 Å². The molecule has 0 aromatic heterocycles. The number of aliphatic hydroxyl groups excluding tert-OH is 1. The minimum atomic E-state index is -0.725. The van der Waals surface area contributed by atoms with Crippen molar-refractivity contribution >= 4 is 6.09 Å². The molecule has 1 aromatic carbocycles. The van der Waals surface area contributed by atoms with Crippen molar-refractivity contribution in [2.75, 3.05) is 19.6 Å². The fraction of sp³-hybridized carbons (Fsp3) is 0.500. The summed E-state index contributed by atoms with van der Waals surface area (Å²) in [5.74, 6) is 0. The molecule has 0 unspecified atom stereocenters. The Kier molecular flexibility index (Phi) is 3.16. The molecular weight excluding hydrogens is 244 g/mol. The van der Waals surface area contributed by atoms with Crippen LogP contribution in [0.1, 0.15) is 12.0 Å². The van der Waals surface area contributed by atoms with Crippen LogP contribution in [0.4, 0.5) is 4.79 Å². The van der Waals surface area contributed by atoms with Crippen molar-refractivity contribution in [3.63, 3.8) is 0 Å². The van der Waals surface area contributed by atoms with E-state index in [2.05, 4.69) is 5.32 Å². The molecule has 19 heavy (non-hydrogen) atoms. The van der Waals surface area contributed by atoms with E-state index in [0.717, 1.165) is 12.1 Å². The number of β-amino-alcohol motifs (C(OH)–C–C–N with tert-alkyl or cyclic N) is 1. The van der Waals surface area contributed by atoms with Gasteiger partial charge in [0.15, 0.2) is 5.60 Å². The summed E-state index contributed by atoms with van der Waals surface area (Å²) in [4.78, 5) is 13.6. The van der Waals surface area contributed by atoms with Crippen LogP contribution < -0.4 is 5.32 Å². The Balaban J connectivity index is 1.73. The highest BCUT2D eigenvalue weighted by Crippen LogP contribution is 2.32. The van der Waals surface area contributed by atoms with Gasteiger partial charge in [0, 0.05) is 19.5 Å². The number of hydrogen-bond acceptors (Lipinski definition) is 4. The third-order valence-electron chi connectivity index (χ3n) is 3.89. The SMILES string of the molecule is O=C1O[C@@]2(CCNC[C@@H]2O)CN1Cc1ccccc1. The molecule has 2 N–H and O–H groups in total. The number of hydrogen-bond donors (Lipinski definition) is 2. The van der Waals surface area contributed by atoms with Gasteiger partial charge in [0.2, 0.25) is 0 Å². The quantitative estimate of drug-likeness (QED) is 0.825. The number of nitrogens with zero attached hydrogens (tertiary/aromatic N) is 1. The van der Waals surface area contributed by atoms with Crippen LogP contribution in [-0.2, 0) is 11.3 Å². The number of aliphatic hydroxyl groups is 1. The first-order valence-corrected chi connectivity index (χ1v) is 6.60. The number of rotatable bonds is 2. The molecule has 2 aliphatic heterocycles. The average molecular weight is 262 g/mol. The van der Waals surface area contributed by atoms with Gasteiger partial charge in [-0.1, -0.05) is 30.3 Å². The monoisotopic (exact) mass is 262 g/mol. The first-order valence-electron chi connectivity index (χ1n) is 6.60. The maximum atomic E-state index is 12.0. The maximum Gasteiger partial charge on any atom is 0.410 e. The zero-order valence-electron chi connectivity index (χ0n) is 10.7. The van der Waals surface area contributed by atoms with E-state index in [1.807, 2.05) is 30.3 Å². The van der Waals surface area contributed by atoms with Crippen molar-refractivity contribution in [2.45, 2.75) is 24.7 Å². The zero-order chi connectivity index (χ0) is 13.3. The van der Waals surface area contributed by atoms with Gasteiger partial charge in [-0.25, -0.2) is 4.79 Å². The van der Waals surface area contributed by atoms with Crippen molar-refractivity contribution in [3.05, 3.63) is 35.9 Å². The Morgan fingerprint density at radius 3 is 2.95 bits per heavy atom. The number of ether oxygens (including phenoxy) is 1. The van der Waals surface area contributed by atoms with Gasteiger partial charge in [-0.05, 0) is 12.1 Å². The lowest BCUT2D eigenvalue weighted by atomic mass is 9.89. The average Bonchev–Trinajstić information content (AvgIpc) is 2.72. The molecule has 5 nitrogen and oxygen atoms in total. The summed E-state index contributed by atoms with van der Waals surface area (Å²) < 4.78 is 5.48. The van der Waals surface area contributed by atoms with Gasteiger partial charge in [-0.3, -0.25) is 4.90 Å². The lowest BCUT2D eigenvalue weighted by Crippen LogP contribution is -2.56.